The van der Waals surface area contributed by atoms with Crippen molar-refractivity contribution in [2.45, 2.75) is 12.5 Å². The van der Waals surface area contributed by atoms with Gasteiger partial charge in [0.15, 0.2) is 23.4 Å². The maximum atomic E-state index is 13.7. The van der Waals surface area contributed by atoms with Crippen molar-refractivity contribution in [1.29, 1.82) is 0 Å². The van der Waals surface area contributed by atoms with Crippen molar-refractivity contribution >= 4 is 21.7 Å². The zero-order chi connectivity index (χ0) is 14.8. The number of halogens is 2. The topological polar surface area (TPSA) is 35.5 Å². The molecule has 2 aromatic rings. The van der Waals surface area contributed by atoms with E-state index in [2.05, 4.69) is 15.9 Å². The molecule has 0 saturated heterocycles. The molecule has 1 heterocycles. The number of rotatable bonds is 3. The number of carbonyl (C=O) groups is 1. The quantitative estimate of drug-likeness (QED) is 0.849. The zero-order valence-corrected chi connectivity index (χ0v) is 12.6. The molecule has 3 nitrogen and oxygen atoms in total. The van der Waals surface area contributed by atoms with Crippen molar-refractivity contribution in [3.8, 4) is 11.5 Å². The van der Waals surface area contributed by atoms with Crippen LogP contribution < -0.4 is 9.47 Å². The number of hydrogen-bond donors (Lipinski definition) is 0. The summed E-state index contributed by atoms with van der Waals surface area (Å²) in [5.74, 6) is 0.553. The summed E-state index contributed by atoms with van der Waals surface area (Å²) in [7, 11) is 0. The highest BCUT2D eigenvalue weighted by atomic mass is 79.9. The van der Waals surface area contributed by atoms with Crippen molar-refractivity contribution in [3.05, 3.63) is 58.3 Å². The Morgan fingerprint density at radius 1 is 1.24 bits per heavy atom. The molecule has 5 heteroatoms. The number of ether oxygens (including phenoxy) is 2. The first-order chi connectivity index (χ1) is 10.1. The van der Waals surface area contributed by atoms with Crippen molar-refractivity contribution in [2.24, 2.45) is 0 Å². The van der Waals surface area contributed by atoms with E-state index in [1.807, 2.05) is 12.1 Å². The first kappa shape index (κ1) is 14.1. The third kappa shape index (κ3) is 3.08. The highest BCUT2D eigenvalue weighted by molar-refractivity contribution is 9.10. The molecule has 0 aromatic heterocycles. The van der Waals surface area contributed by atoms with Gasteiger partial charge in [0.1, 0.15) is 12.4 Å². The largest absolute Gasteiger partial charge is 0.485 e. The average Bonchev–Trinajstić information content (AvgIpc) is 2.50. The summed E-state index contributed by atoms with van der Waals surface area (Å²) in [5.41, 5.74) is 0.344. The summed E-state index contributed by atoms with van der Waals surface area (Å²) in [6.45, 7) is 0.144. The Labute approximate surface area is 129 Å². The van der Waals surface area contributed by atoms with Gasteiger partial charge in [-0.1, -0.05) is 28.1 Å². The second-order valence-electron chi connectivity index (χ2n) is 4.74. The van der Waals surface area contributed by atoms with Gasteiger partial charge in [0, 0.05) is 10.9 Å². The van der Waals surface area contributed by atoms with Gasteiger partial charge < -0.3 is 9.47 Å². The van der Waals surface area contributed by atoms with Gasteiger partial charge in [-0.25, -0.2) is 4.39 Å². The predicted octanol–water partition coefficient (Wildman–Crippen LogP) is 3.54. The van der Waals surface area contributed by atoms with Crippen LogP contribution in [0, 0.1) is 5.82 Å². The highest BCUT2D eigenvalue weighted by Gasteiger charge is 2.27. The van der Waals surface area contributed by atoms with Crippen LogP contribution in [0.4, 0.5) is 4.39 Å². The summed E-state index contributed by atoms with van der Waals surface area (Å²) in [5, 5.41) is 0. The second-order valence-corrected chi connectivity index (χ2v) is 5.66. The standard InChI is InChI=1S/C16H12BrFO3/c17-11-5-6-12(18)10(7-11)8-13(19)16-9-20-14-3-1-2-4-15(14)21-16/h1-7,16H,8-9H2. The van der Waals surface area contributed by atoms with E-state index in [1.54, 1.807) is 24.3 Å². The molecule has 0 spiro atoms. The monoisotopic (exact) mass is 350 g/mol. The van der Waals surface area contributed by atoms with Gasteiger partial charge in [0.05, 0.1) is 0 Å². The number of fused-ring (bicyclic) bond motifs is 1. The second kappa shape index (κ2) is 5.85. The summed E-state index contributed by atoms with van der Waals surface area (Å²) < 4.78 is 25.6. The Balaban J connectivity index is 1.74. The van der Waals surface area contributed by atoms with Crippen molar-refractivity contribution in [2.75, 3.05) is 6.61 Å². The van der Waals surface area contributed by atoms with Gasteiger partial charge in [-0.15, -0.1) is 0 Å². The molecule has 0 amide bonds. The Morgan fingerprint density at radius 3 is 2.81 bits per heavy atom. The molecule has 1 atom stereocenters. The van der Waals surface area contributed by atoms with E-state index in [9.17, 15) is 9.18 Å². The Morgan fingerprint density at radius 2 is 2.00 bits per heavy atom. The van der Waals surface area contributed by atoms with Crippen LogP contribution in [0.5, 0.6) is 11.5 Å². The minimum absolute atomic E-state index is 0.0263. The molecular weight excluding hydrogens is 339 g/mol. The number of hydrogen-bond acceptors (Lipinski definition) is 3. The number of carbonyl (C=O) groups excluding carboxylic acids is 1. The molecule has 1 aliphatic rings. The summed E-state index contributed by atoms with van der Waals surface area (Å²) in [4.78, 5) is 12.3. The smallest absolute Gasteiger partial charge is 0.191 e. The van der Waals surface area contributed by atoms with Gasteiger partial charge >= 0.3 is 0 Å². The molecule has 0 N–H and O–H groups in total. The lowest BCUT2D eigenvalue weighted by atomic mass is 10.0. The summed E-state index contributed by atoms with van der Waals surface area (Å²) in [6, 6.07) is 11.7. The lowest BCUT2D eigenvalue weighted by Crippen LogP contribution is -2.37. The van der Waals surface area contributed by atoms with Crippen LogP contribution in [0.3, 0.4) is 0 Å². The SMILES string of the molecule is O=C(Cc1cc(Br)ccc1F)C1COc2ccccc2O1. The third-order valence-electron chi connectivity index (χ3n) is 3.24. The fourth-order valence-corrected chi connectivity index (χ4v) is 2.57. The third-order valence-corrected chi connectivity index (χ3v) is 3.73. The fraction of sp³-hybridized carbons (Fsp3) is 0.188. The molecule has 0 fully saturated rings. The van der Waals surface area contributed by atoms with Crippen LogP contribution in [0.2, 0.25) is 0 Å². The van der Waals surface area contributed by atoms with Crippen LogP contribution >= 0.6 is 15.9 Å². The molecule has 2 aromatic carbocycles. The van der Waals surface area contributed by atoms with Gasteiger partial charge in [0.2, 0.25) is 0 Å². The molecule has 0 saturated carbocycles. The molecule has 0 bridgehead atoms. The zero-order valence-electron chi connectivity index (χ0n) is 11.0. The van der Waals surface area contributed by atoms with Gasteiger partial charge in [0.25, 0.3) is 0 Å². The average molecular weight is 351 g/mol. The number of ketones is 1. The predicted molar refractivity (Wildman–Crippen MR) is 79.2 cm³/mol. The van der Waals surface area contributed by atoms with Crippen molar-refractivity contribution < 1.29 is 18.7 Å². The molecule has 21 heavy (non-hydrogen) atoms. The minimum atomic E-state index is -0.710. The van der Waals surface area contributed by atoms with E-state index in [1.165, 1.54) is 6.07 Å². The first-order valence-electron chi connectivity index (χ1n) is 6.48. The van der Waals surface area contributed by atoms with Gasteiger partial charge in [-0.05, 0) is 35.9 Å². The molecular formula is C16H12BrFO3. The van der Waals surface area contributed by atoms with Gasteiger partial charge in [-0.3, -0.25) is 4.79 Å². The Kier molecular flexibility index (Phi) is 3.92. The summed E-state index contributed by atoms with van der Waals surface area (Å²) in [6.07, 6.45) is -0.736. The van der Waals surface area contributed by atoms with E-state index in [0.717, 1.165) is 4.47 Å². The normalized spacial score (nSPS) is 16.6. The first-order valence-corrected chi connectivity index (χ1v) is 7.28. The number of Topliss-reactive ketones (excluding diaryl/α,β-unsaturated/α-hetero) is 1. The van der Waals surface area contributed by atoms with E-state index in [0.29, 0.717) is 17.1 Å². The van der Waals surface area contributed by atoms with Crippen LogP contribution in [0.15, 0.2) is 46.9 Å². The van der Waals surface area contributed by atoms with E-state index >= 15 is 0 Å². The molecule has 1 unspecified atom stereocenters. The Hall–Kier alpha value is -1.88. The molecule has 1 aliphatic heterocycles. The maximum Gasteiger partial charge on any atom is 0.191 e. The van der Waals surface area contributed by atoms with Crippen LogP contribution in [-0.2, 0) is 11.2 Å². The maximum absolute atomic E-state index is 13.7. The van der Waals surface area contributed by atoms with Crippen LogP contribution in [0.25, 0.3) is 0 Å². The number of para-hydroxylation sites is 2. The molecule has 108 valence electrons. The van der Waals surface area contributed by atoms with E-state index < -0.39 is 11.9 Å². The fourth-order valence-electron chi connectivity index (χ4n) is 2.16. The lowest BCUT2D eigenvalue weighted by molar-refractivity contribution is -0.127. The molecule has 0 aliphatic carbocycles. The van der Waals surface area contributed by atoms with E-state index in [-0.39, 0.29) is 18.8 Å². The molecule has 0 radical (unpaired) electrons. The summed E-state index contributed by atoms with van der Waals surface area (Å²) >= 11 is 3.27. The lowest BCUT2D eigenvalue weighted by Gasteiger charge is -2.25. The molecule has 3 rings (SSSR count). The van der Waals surface area contributed by atoms with Crippen LogP contribution in [0.1, 0.15) is 5.56 Å². The van der Waals surface area contributed by atoms with Crippen molar-refractivity contribution in [1.82, 2.24) is 0 Å². The van der Waals surface area contributed by atoms with E-state index in [4.69, 9.17) is 9.47 Å². The van der Waals surface area contributed by atoms with Crippen LogP contribution in [-0.4, -0.2) is 18.5 Å². The Bertz CT molecular complexity index is 687. The highest BCUT2D eigenvalue weighted by Crippen LogP contribution is 2.31. The number of benzene rings is 2. The van der Waals surface area contributed by atoms with Gasteiger partial charge in [-0.2, -0.15) is 0 Å². The minimum Gasteiger partial charge on any atom is -0.485 e. The van der Waals surface area contributed by atoms with Crippen molar-refractivity contribution in [3.63, 3.8) is 0 Å².